The van der Waals surface area contributed by atoms with Gasteiger partial charge in [-0.25, -0.2) is 9.55 Å². The van der Waals surface area contributed by atoms with Crippen LogP contribution in [0.2, 0.25) is 0 Å². The maximum atomic E-state index is 10.3. The Kier molecular flexibility index (Phi) is 7.07. The van der Waals surface area contributed by atoms with Crippen LogP contribution in [0, 0.1) is 0 Å². The summed E-state index contributed by atoms with van der Waals surface area (Å²) in [6.07, 6.45) is 5.57. The van der Waals surface area contributed by atoms with Gasteiger partial charge < -0.3 is 22.4 Å². The van der Waals surface area contributed by atoms with Gasteiger partial charge in [-0.1, -0.05) is 0 Å². The second kappa shape index (κ2) is 7.73. The molecule has 9 heteroatoms. The second-order valence-electron chi connectivity index (χ2n) is 3.43. The third kappa shape index (κ3) is 9.67. The summed E-state index contributed by atoms with van der Waals surface area (Å²) in [5.41, 5.74) is 0. The van der Waals surface area contributed by atoms with Gasteiger partial charge in [0.05, 0.1) is 6.54 Å². The van der Waals surface area contributed by atoms with Crippen LogP contribution < -0.4 is 4.57 Å². The lowest BCUT2D eigenvalue weighted by Crippen LogP contribution is -2.34. The highest BCUT2D eigenvalue weighted by Crippen LogP contribution is 2.06. The van der Waals surface area contributed by atoms with Crippen molar-refractivity contribution < 1.29 is 31.7 Å². The number of nitrogens with one attached hydrogen (secondary N) is 1. The van der Waals surface area contributed by atoms with Gasteiger partial charge in [0.25, 0.3) is 5.82 Å². The number of rotatable bonds is 5. The predicted molar refractivity (Wildman–Crippen MR) is 57.4 cm³/mol. The molecule has 1 rings (SSSR count). The number of carboxylic acids is 1. The molecule has 0 fully saturated rings. The van der Waals surface area contributed by atoms with Crippen molar-refractivity contribution in [2.45, 2.75) is 32.7 Å². The van der Waals surface area contributed by atoms with Crippen LogP contribution in [0.15, 0.2) is 12.4 Å². The Bertz CT molecular complexity index is 362. The molecule has 0 aromatic carbocycles. The molecule has 0 unspecified atom stereocenters. The highest BCUT2D eigenvalue weighted by Gasteiger charge is 2.20. The molecule has 2 N–H and O–H groups in total. The van der Waals surface area contributed by atoms with Crippen molar-refractivity contribution in [3.63, 3.8) is 0 Å². The Morgan fingerprint density at radius 2 is 2.00 bits per heavy atom. The van der Waals surface area contributed by atoms with Gasteiger partial charge in [0, 0.05) is 12.8 Å². The van der Waals surface area contributed by atoms with Gasteiger partial charge in [0.15, 0.2) is 0 Å². The molecule has 0 aliphatic rings. The number of hydrogen-bond donors (Lipinski definition) is 2. The first-order valence-electron chi connectivity index (χ1n) is 5.38. The minimum absolute atomic E-state index is 0.239. The number of aromatic nitrogens is 2. The van der Waals surface area contributed by atoms with Gasteiger partial charge >= 0.3 is 13.2 Å². The van der Waals surface area contributed by atoms with Crippen molar-refractivity contribution >= 4 is 13.2 Å². The van der Waals surface area contributed by atoms with Crippen LogP contribution in [0.25, 0.3) is 0 Å². The number of halogens is 4. The first-order valence-corrected chi connectivity index (χ1v) is 5.38. The number of carbonyl (C=O) groups is 1. The van der Waals surface area contributed by atoms with E-state index in [0.29, 0.717) is 6.42 Å². The van der Waals surface area contributed by atoms with Crippen LogP contribution in [-0.2, 0) is 17.8 Å². The van der Waals surface area contributed by atoms with Gasteiger partial charge in [-0.2, -0.15) is 0 Å². The summed E-state index contributed by atoms with van der Waals surface area (Å²) in [5.74, 6) is 0.373. The summed E-state index contributed by atoms with van der Waals surface area (Å²) >= 11 is 0. The standard InChI is InChI=1S/C9H14N2O2.BF4/c1-2-11-7-6-10-8(11)4-3-5-9(12)13;2-1(3,4)5/h6-7H,2-5H2,1H3,(H,12,13);/q;-1/p+1. The highest BCUT2D eigenvalue weighted by atomic mass is 19.5. The van der Waals surface area contributed by atoms with Crippen molar-refractivity contribution in [2.24, 2.45) is 0 Å². The molecule has 0 spiro atoms. The van der Waals surface area contributed by atoms with E-state index in [4.69, 9.17) is 5.11 Å². The molecular weight excluding hydrogens is 255 g/mol. The van der Waals surface area contributed by atoms with Crippen molar-refractivity contribution in [1.29, 1.82) is 0 Å². The molecule has 0 radical (unpaired) electrons. The molecule has 0 atom stereocenters. The van der Waals surface area contributed by atoms with Crippen LogP contribution in [0.1, 0.15) is 25.6 Å². The maximum absolute atomic E-state index is 10.3. The molecule has 1 heterocycles. The van der Waals surface area contributed by atoms with Gasteiger partial charge in [0.1, 0.15) is 12.4 Å². The Balaban J connectivity index is 0.000000494. The van der Waals surface area contributed by atoms with E-state index in [0.717, 1.165) is 18.8 Å². The van der Waals surface area contributed by atoms with Crippen LogP contribution in [-0.4, -0.2) is 23.3 Å². The van der Waals surface area contributed by atoms with Crippen molar-refractivity contribution in [1.82, 2.24) is 4.98 Å². The Hall–Kier alpha value is -1.54. The van der Waals surface area contributed by atoms with Crippen molar-refractivity contribution in [2.75, 3.05) is 0 Å². The minimum Gasteiger partial charge on any atom is -0.481 e. The largest absolute Gasteiger partial charge is 0.673 e. The van der Waals surface area contributed by atoms with E-state index >= 15 is 0 Å². The number of aromatic amines is 1. The number of carboxylic acid groups (broad SMARTS) is 1. The lowest BCUT2D eigenvalue weighted by molar-refractivity contribution is -0.699. The molecule has 1 aromatic heterocycles. The SMILES string of the molecule is CC[n+]1cc[nH]c1CCCC(=O)O.F[B-](F)(F)F. The summed E-state index contributed by atoms with van der Waals surface area (Å²) in [6.45, 7) is 2.99. The molecule has 18 heavy (non-hydrogen) atoms. The molecule has 0 aliphatic heterocycles. The number of aliphatic carboxylic acids is 1. The summed E-state index contributed by atoms with van der Waals surface area (Å²) in [5, 5.41) is 8.45. The van der Waals surface area contributed by atoms with E-state index in [-0.39, 0.29) is 6.42 Å². The lowest BCUT2D eigenvalue weighted by atomic mass is 10.2. The van der Waals surface area contributed by atoms with Gasteiger partial charge in [0.2, 0.25) is 0 Å². The van der Waals surface area contributed by atoms with E-state index in [1.807, 2.05) is 12.4 Å². The molecule has 0 saturated heterocycles. The topological polar surface area (TPSA) is 57.0 Å². The molecule has 1 aromatic rings. The van der Waals surface area contributed by atoms with Crippen molar-refractivity contribution in [3.8, 4) is 0 Å². The smallest absolute Gasteiger partial charge is 0.481 e. The average Bonchev–Trinajstić information content (AvgIpc) is 2.62. The predicted octanol–water partition coefficient (Wildman–Crippen LogP) is 2.03. The maximum Gasteiger partial charge on any atom is 0.673 e. The first kappa shape index (κ1) is 16.5. The first-order chi connectivity index (χ1) is 8.24. The normalized spacial score (nSPS) is 10.7. The number of aryl methyl sites for hydroxylation is 2. The van der Waals surface area contributed by atoms with Gasteiger partial charge in [-0.3, -0.25) is 4.79 Å². The van der Waals surface area contributed by atoms with Crippen LogP contribution in [0.3, 0.4) is 0 Å². The quantitative estimate of drug-likeness (QED) is 0.488. The number of nitrogens with zero attached hydrogens (tertiary/aromatic N) is 1. The van der Waals surface area contributed by atoms with Gasteiger partial charge in [-0.15, -0.1) is 0 Å². The molecule has 0 amide bonds. The van der Waals surface area contributed by atoms with E-state index < -0.39 is 13.2 Å². The summed E-state index contributed by atoms with van der Waals surface area (Å²) in [7, 11) is -6.00. The number of H-pyrrole nitrogens is 1. The molecule has 104 valence electrons. The van der Waals surface area contributed by atoms with Crippen LogP contribution in [0.5, 0.6) is 0 Å². The molecule has 0 bridgehead atoms. The average molecular weight is 270 g/mol. The zero-order valence-corrected chi connectivity index (χ0v) is 9.88. The zero-order chi connectivity index (χ0) is 14.2. The zero-order valence-electron chi connectivity index (χ0n) is 9.88. The Labute approximate surface area is 102 Å². The van der Waals surface area contributed by atoms with Gasteiger partial charge in [-0.05, 0) is 13.3 Å². The number of imidazole rings is 1. The van der Waals surface area contributed by atoms with E-state index in [9.17, 15) is 22.1 Å². The molecule has 0 aliphatic carbocycles. The fourth-order valence-corrected chi connectivity index (χ4v) is 1.32. The highest BCUT2D eigenvalue weighted by molar-refractivity contribution is 6.50. The van der Waals surface area contributed by atoms with E-state index in [1.165, 1.54) is 0 Å². The van der Waals surface area contributed by atoms with Crippen LogP contribution in [0.4, 0.5) is 17.3 Å². The molecule has 0 saturated carbocycles. The van der Waals surface area contributed by atoms with E-state index in [1.54, 1.807) is 0 Å². The minimum atomic E-state index is -6.00. The van der Waals surface area contributed by atoms with Crippen LogP contribution >= 0.6 is 0 Å². The fourth-order valence-electron chi connectivity index (χ4n) is 1.32. The van der Waals surface area contributed by atoms with E-state index in [2.05, 4.69) is 16.5 Å². The summed E-state index contributed by atoms with van der Waals surface area (Å²) < 4.78 is 41.1. The third-order valence-corrected chi connectivity index (χ3v) is 2.00. The Morgan fingerprint density at radius 1 is 1.44 bits per heavy atom. The monoisotopic (exact) mass is 270 g/mol. The molecular formula is C9H15BF4N2O2. The summed E-state index contributed by atoms with van der Waals surface area (Å²) in [6, 6.07) is 0. The second-order valence-corrected chi connectivity index (χ2v) is 3.43. The lowest BCUT2D eigenvalue weighted by Gasteiger charge is -1.95. The Morgan fingerprint density at radius 3 is 2.44 bits per heavy atom. The molecule has 4 nitrogen and oxygen atoms in total. The number of hydrogen-bond acceptors (Lipinski definition) is 1. The van der Waals surface area contributed by atoms with Crippen molar-refractivity contribution in [3.05, 3.63) is 18.2 Å². The fraction of sp³-hybridized carbons (Fsp3) is 0.556. The summed E-state index contributed by atoms with van der Waals surface area (Å²) in [4.78, 5) is 13.4. The third-order valence-electron chi connectivity index (χ3n) is 2.00.